The van der Waals surface area contributed by atoms with Gasteiger partial charge in [0.05, 0.1) is 23.6 Å². The van der Waals surface area contributed by atoms with E-state index in [1.54, 1.807) is 40.4 Å². The van der Waals surface area contributed by atoms with Crippen LogP contribution < -0.4 is 11.1 Å². The molecule has 170 valence electrons. The molecule has 0 aromatic carbocycles. The molecule has 0 bridgehead atoms. The highest BCUT2D eigenvalue weighted by atomic mass is 32.1. The average Bonchev–Trinajstić information content (AvgIpc) is 3.44. The number of anilines is 1. The molecule has 1 aliphatic heterocycles. The van der Waals surface area contributed by atoms with Crippen LogP contribution in [-0.4, -0.2) is 49.7 Å². The van der Waals surface area contributed by atoms with E-state index in [0.717, 1.165) is 48.7 Å². The minimum atomic E-state index is -0.243. The van der Waals surface area contributed by atoms with Crippen LogP contribution in [-0.2, 0) is 18.8 Å². The summed E-state index contributed by atoms with van der Waals surface area (Å²) in [6, 6.07) is 0.400. The molecule has 1 amide bonds. The van der Waals surface area contributed by atoms with Crippen molar-refractivity contribution in [2.75, 3.05) is 18.5 Å². The number of ether oxygens (including phenoxy) is 1. The normalized spacial score (nSPS) is 15.7. The van der Waals surface area contributed by atoms with Gasteiger partial charge in [-0.25, -0.2) is 4.98 Å². The maximum Gasteiger partial charge on any atom is 0.275 e. The summed E-state index contributed by atoms with van der Waals surface area (Å²) in [6.07, 6.45) is 8.41. The molecule has 1 atom stereocenters. The summed E-state index contributed by atoms with van der Waals surface area (Å²) >= 11 is 1.43. The third-order valence-corrected chi connectivity index (χ3v) is 5.54. The quantitative estimate of drug-likeness (QED) is 0.636. The van der Waals surface area contributed by atoms with Crippen molar-refractivity contribution < 1.29 is 9.53 Å². The van der Waals surface area contributed by atoms with Crippen LogP contribution in [0.25, 0.3) is 10.6 Å². The summed E-state index contributed by atoms with van der Waals surface area (Å²) in [4.78, 5) is 16.5. The summed E-state index contributed by atoms with van der Waals surface area (Å²) in [5.41, 5.74) is 8.66. The van der Waals surface area contributed by atoms with Gasteiger partial charge in [0.2, 0.25) is 0 Å². The smallest absolute Gasteiger partial charge is 0.275 e. The highest BCUT2D eigenvalue weighted by Gasteiger charge is 2.15. The molecule has 9 nitrogen and oxygen atoms in total. The fraction of sp³-hybridized carbons (Fsp3) is 0.524. The van der Waals surface area contributed by atoms with Crippen molar-refractivity contribution >= 4 is 22.9 Å². The van der Waals surface area contributed by atoms with E-state index in [2.05, 4.69) is 20.5 Å². The number of nitrogens with two attached hydrogens (primary N) is 1. The number of hydrogen-bond acceptors (Lipinski definition) is 7. The maximum atomic E-state index is 12.1. The Bertz CT molecular complexity index is 939. The molecule has 1 fully saturated rings. The van der Waals surface area contributed by atoms with Crippen LogP contribution in [0.2, 0.25) is 0 Å². The van der Waals surface area contributed by atoms with Crippen molar-refractivity contribution in [3.8, 4) is 10.6 Å². The first kappa shape index (κ1) is 24.7. The first-order valence-electron chi connectivity index (χ1n) is 10.5. The molecule has 1 unspecified atom stereocenters. The Kier molecular flexibility index (Phi) is 9.83. The van der Waals surface area contributed by atoms with Crippen molar-refractivity contribution in [1.29, 1.82) is 0 Å². The number of rotatable bonds is 3. The van der Waals surface area contributed by atoms with E-state index < -0.39 is 0 Å². The molecule has 0 aliphatic carbocycles. The Morgan fingerprint density at radius 2 is 2.00 bits per heavy atom. The van der Waals surface area contributed by atoms with Gasteiger partial charge in [0, 0.05) is 50.6 Å². The molecule has 31 heavy (non-hydrogen) atoms. The molecule has 3 N–H and O–H groups in total. The summed E-state index contributed by atoms with van der Waals surface area (Å²) in [5.74, 6) is -0.243. The molecule has 10 heteroatoms. The van der Waals surface area contributed by atoms with Crippen molar-refractivity contribution in [1.82, 2.24) is 24.5 Å². The number of nitrogens with one attached hydrogen (secondary N) is 1. The molecule has 0 radical (unpaired) electrons. The van der Waals surface area contributed by atoms with Crippen LogP contribution in [0.3, 0.4) is 0 Å². The molecular weight excluding hydrogens is 414 g/mol. The minimum absolute atomic E-state index is 0.243. The lowest BCUT2D eigenvalue weighted by Crippen LogP contribution is -2.19. The van der Waals surface area contributed by atoms with E-state index in [9.17, 15) is 4.79 Å². The third-order valence-electron chi connectivity index (χ3n) is 4.66. The zero-order chi connectivity index (χ0) is 22.8. The summed E-state index contributed by atoms with van der Waals surface area (Å²) < 4.78 is 8.59. The lowest BCUT2D eigenvalue weighted by atomic mass is 10.1. The molecule has 0 spiro atoms. The van der Waals surface area contributed by atoms with Crippen LogP contribution in [0.5, 0.6) is 0 Å². The summed E-state index contributed by atoms with van der Waals surface area (Å²) in [5, 5.41) is 13.5. The van der Waals surface area contributed by atoms with E-state index in [1.807, 2.05) is 27.8 Å². The lowest BCUT2D eigenvalue weighted by molar-refractivity contribution is 0.102. The van der Waals surface area contributed by atoms with Crippen LogP contribution in [0.1, 0.15) is 49.3 Å². The first-order valence-corrected chi connectivity index (χ1v) is 11.4. The predicted octanol–water partition coefficient (Wildman–Crippen LogP) is 3.38. The van der Waals surface area contributed by atoms with Crippen LogP contribution in [0.15, 0.2) is 24.0 Å². The monoisotopic (exact) mass is 447 g/mol. The van der Waals surface area contributed by atoms with Gasteiger partial charge in [-0.1, -0.05) is 13.8 Å². The minimum Gasteiger partial charge on any atom is -0.381 e. The van der Waals surface area contributed by atoms with Crippen molar-refractivity contribution in [2.45, 2.75) is 46.1 Å². The second kappa shape index (κ2) is 12.3. The Labute approximate surface area is 187 Å². The number of amides is 1. The Morgan fingerprint density at radius 1 is 1.23 bits per heavy atom. The second-order valence-electron chi connectivity index (χ2n) is 6.97. The number of aryl methyl sites for hydroxylation is 2. The van der Waals surface area contributed by atoms with E-state index in [0.29, 0.717) is 17.4 Å². The summed E-state index contributed by atoms with van der Waals surface area (Å²) in [7, 11) is 3.67. The van der Waals surface area contributed by atoms with Gasteiger partial charge in [0.1, 0.15) is 10.7 Å². The van der Waals surface area contributed by atoms with Gasteiger partial charge < -0.3 is 15.8 Å². The summed E-state index contributed by atoms with van der Waals surface area (Å²) in [6.45, 7) is 7.74. The Balaban J connectivity index is 0.000000286. The van der Waals surface area contributed by atoms with E-state index >= 15 is 0 Å². The molecule has 1 aliphatic rings. The third kappa shape index (κ3) is 7.27. The number of carbonyl (C=O) groups is 1. The SMILES string of the molecule is CC.Cc1c(-c2nc(C(=O)Nc3cnn(C)c3)cs2)cnn1C.NC1CCCOCC1. The molecular formula is C21H33N7O2S. The number of nitrogens with zero attached hydrogens (tertiary/aromatic N) is 5. The van der Waals surface area contributed by atoms with Gasteiger partial charge in [0.25, 0.3) is 5.91 Å². The average molecular weight is 448 g/mol. The van der Waals surface area contributed by atoms with Gasteiger partial charge in [-0.05, 0) is 26.2 Å². The van der Waals surface area contributed by atoms with Gasteiger partial charge in [-0.2, -0.15) is 10.2 Å². The second-order valence-corrected chi connectivity index (χ2v) is 7.82. The highest BCUT2D eigenvalue weighted by molar-refractivity contribution is 7.13. The van der Waals surface area contributed by atoms with Gasteiger partial charge >= 0.3 is 0 Å². The van der Waals surface area contributed by atoms with E-state index in [4.69, 9.17) is 10.5 Å². The number of thiazole rings is 1. The van der Waals surface area contributed by atoms with E-state index in [1.165, 1.54) is 11.3 Å². The fourth-order valence-corrected chi connectivity index (χ4v) is 3.68. The largest absolute Gasteiger partial charge is 0.381 e. The van der Waals surface area contributed by atoms with Crippen LogP contribution in [0.4, 0.5) is 5.69 Å². The van der Waals surface area contributed by atoms with Crippen LogP contribution >= 0.6 is 11.3 Å². The molecule has 1 saturated heterocycles. The van der Waals surface area contributed by atoms with Crippen molar-refractivity contribution in [2.24, 2.45) is 19.8 Å². The molecule has 4 rings (SSSR count). The standard InChI is InChI=1S/C13H14N6OS.C6H13NO.C2H6/c1-8-10(5-15-19(8)3)13-17-11(7-21-13)12(20)16-9-4-14-18(2)6-9;7-6-2-1-4-8-5-3-6;1-2/h4-7H,1-3H3,(H,16,20);6H,1-5,7H2;1-2H3. The van der Waals surface area contributed by atoms with E-state index in [-0.39, 0.29) is 5.91 Å². The molecule has 0 saturated carbocycles. The molecule has 3 aromatic heterocycles. The first-order chi connectivity index (χ1) is 14.9. The zero-order valence-electron chi connectivity index (χ0n) is 19.0. The number of carbonyl (C=O) groups excluding carboxylic acids is 1. The number of aromatic nitrogens is 5. The molecule has 3 aromatic rings. The molecule has 4 heterocycles. The topological polar surface area (TPSA) is 113 Å². The van der Waals surface area contributed by atoms with Crippen LogP contribution in [0, 0.1) is 6.92 Å². The van der Waals surface area contributed by atoms with Gasteiger partial charge in [-0.3, -0.25) is 14.2 Å². The maximum absolute atomic E-state index is 12.1. The lowest BCUT2D eigenvalue weighted by Gasteiger charge is -2.02. The Hall–Kier alpha value is -2.56. The zero-order valence-corrected chi connectivity index (χ0v) is 19.8. The fourth-order valence-electron chi connectivity index (χ4n) is 2.82. The van der Waals surface area contributed by atoms with Crippen molar-refractivity contribution in [3.63, 3.8) is 0 Å². The predicted molar refractivity (Wildman–Crippen MR) is 124 cm³/mol. The number of hydrogen-bond donors (Lipinski definition) is 2. The van der Waals surface area contributed by atoms with Gasteiger partial charge in [0.15, 0.2) is 0 Å². The van der Waals surface area contributed by atoms with Crippen molar-refractivity contribution in [3.05, 3.63) is 35.4 Å². The highest BCUT2D eigenvalue weighted by Crippen LogP contribution is 2.26. The Morgan fingerprint density at radius 3 is 2.65 bits per heavy atom. The van der Waals surface area contributed by atoms with Gasteiger partial charge in [-0.15, -0.1) is 11.3 Å².